The first kappa shape index (κ1) is 14.0. The molecular formula is C12H21ClN2S. The van der Waals surface area contributed by atoms with Crippen LogP contribution in [0.2, 0.25) is 5.02 Å². The molecule has 2 atom stereocenters. The van der Waals surface area contributed by atoms with Gasteiger partial charge in [0.2, 0.25) is 0 Å². The molecule has 0 radical (unpaired) electrons. The van der Waals surface area contributed by atoms with Crippen molar-refractivity contribution in [2.75, 3.05) is 0 Å². The molecule has 0 aliphatic carbocycles. The van der Waals surface area contributed by atoms with Crippen LogP contribution in [0.4, 0.5) is 0 Å². The summed E-state index contributed by atoms with van der Waals surface area (Å²) in [6.07, 6.45) is 4.81. The summed E-state index contributed by atoms with van der Waals surface area (Å²) in [5.41, 5.74) is 2.93. The van der Waals surface area contributed by atoms with Crippen LogP contribution in [0.5, 0.6) is 0 Å². The monoisotopic (exact) mass is 260 g/mol. The third-order valence-electron chi connectivity index (χ3n) is 3.03. The van der Waals surface area contributed by atoms with Gasteiger partial charge in [-0.1, -0.05) is 44.7 Å². The molecule has 0 fully saturated rings. The van der Waals surface area contributed by atoms with Gasteiger partial charge in [-0.3, -0.25) is 11.3 Å². The Kier molecular flexibility index (Phi) is 6.36. The normalized spacial score (nSPS) is 15.0. The summed E-state index contributed by atoms with van der Waals surface area (Å²) < 4.78 is 0. The largest absolute Gasteiger partial charge is 0.271 e. The van der Waals surface area contributed by atoms with Gasteiger partial charge in [0.15, 0.2) is 0 Å². The zero-order valence-corrected chi connectivity index (χ0v) is 11.6. The molecular weight excluding hydrogens is 240 g/mol. The molecule has 2 unspecified atom stereocenters. The van der Waals surface area contributed by atoms with E-state index in [4.69, 9.17) is 17.4 Å². The van der Waals surface area contributed by atoms with Crippen LogP contribution in [-0.2, 0) is 0 Å². The predicted octanol–water partition coefficient (Wildman–Crippen LogP) is 4.12. The van der Waals surface area contributed by atoms with Crippen LogP contribution in [0.1, 0.15) is 50.4 Å². The Bertz CT molecular complexity index is 301. The fourth-order valence-corrected chi connectivity index (χ4v) is 3.35. The average molecular weight is 261 g/mol. The zero-order chi connectivity index (χ0) is 12.0. The lowest BCUT2D eigenvalue weighted by Crippen LogP contribution is -2.33. The van der Waals surface area contributed by atoms with Crippen molar-refractivity contribution < 1.29 is 0 Å². The maximum absolute atomic E-state index is 6.16. The van der Waals surface area contributed by atoms with Crippen molar-refractivity contribution in [1.82, 2.24) is 5.43 Å². The molecule has 0 amide bonds. The van der Waals surface area contributed by atoms with E-state index in [0.29, 0.717) is 5.92 Å². The number of nitrogens with two attached hydrogens (primary N) is 1. The topological polar surface area (TPSA) is 38.0 Å². The SMILES string of the molecule is CCCCC(CC)C(NN)c1sccc1Cl. The molecule has 0 saturated heterocycles. The number of hydrazine groups is 1. The van der Waals surface area contributed by atoms with Gasteiger partial charge in [-0.2, -0.15) is 0 Å². The maximum atomic E-state index is 6.16. The van der Waals surface area contributed by atoms with Gasteiger partial charge in [-0.05, 0) is 23.8 Å². The number of nitrogens with one attached hydrogen (secondary N) is 1. The first-order valence-electron chi connectivity index (χ1n) is 5.93. The van der Waals surface area contributed by atoms with Gasteiger partial charge < -0.3 is 0 Å². The fourth-order valence-electron chi connectivity index (χ4n) is 2.03. The third-order valence-corrected chi connectivity index (χ3v) is 4.47. The van der Waals surface area contributed by atoms with Crippen molar-refractivity contribution in [3.05, 3.63) is 21.3 Å². The van der Waals surface area contributed by atoms with Crippen LogP contribution >= 0.6 is 22.9 Å². The quantitative estimate of drug-likeness (QED) is 0.572. The van der Waals surface area contributed by atoms with Gasteiger partial charge in [0.1, 0.15) is 0 Å². The van der Waals surface area contributed by atoms with E-state index in [0.717, 1.165) is 11.4 Å². The molecule has 2 nitrogen and oxygen atoms in total. The molecule has 0 saturated carbocycles. The summed E-state index contributed by atoms with van der Waals surface area (Å²) >= 11 is 7.85. The third kappa shape index (κ3) is 3.45. The fraction of sp³-hybridized carbons (Fsp3) is 0.667. The van der Waals surface area contributed by atoms with Gasteiger partial charge in [-0.25, -0.2) is 0 Å². The van der Waals surface area contributed by atoms with E-state index < -0.39 is 0 Å². The standard InChI is InChI=1S/C12H21ClN2S/c1-3-5-6-9(4-2)11(15-14)12-10(13)7-8-16-12/h7-9,11,15H,3-6,14H2,1-2H3. The molecule has 3 N–H and O–H groups in total. The van der Waals surface area contributed by atoms with E-state index in [2.05, 4.69) is 19.3 Å². The molecule has 0 aromatic carbocycles. The summed E-state index contributed by atoms with van der Waals surface area (Å²) in [7, 11) is 0. The molecule has 1 aromatic rings. The van der Waals surface area contributed by atoms with Gasteiger partial charge in [0.25, 0.3) is 0 Å². The Balaban J connectivity index is 2.75. The van der Waals surface area contributed by atoms with E-state index in [9.17, 15) is 0 Å². The average Bonchev–Trinajstić information content (AvgIpc) is 2.71. The molecule has 1 rings (SSSR count). The molecule has 1 aromatic heterocycles. The Hall–Kier alpha value is -0.0900. The minimum Gasteiger partial charge on any atom is -0.271 e. The van der Waals surface area contributed by atoms with E-state index in [-0.39, 0.29) is 6.04 Å². The highest BCUT2D eigenvalue weighted by molar-refractivity contribution is 7.10. The summed E-state index contributed by atoms with van der Waals surface area (Å²) in [6.45, 7) is 4.43. The predicted molar refractivity (Wildman–Crippen MR) is 72.7 cm³/mol. The van der Waals surface area contributed by atoms with Crippen molar-refractivity contribution in [2.24, 2.45) is 11.8 Å². The Morgan fingerprint density at radius 2 is 2.25 bits per heavy atom. The van der Waals surface area contributed by atoms with E-state index in [1.54, 1.807) is 11.3 Å². The summed E-state index contributed by atoms with van der Waals surface area (Å²) in [6, 6.07) is 2.14. The molecule has 0 aliphatic heterocycles. The lowest BCUT2D eigenvalue weighted by Gasteiger charge is -2.25. The molecule has 4 heteroatoms. The maximum Gasteiger partial charge on any atom is 0.0596 e. The number of halogens is 1. The Morgan fingerprint density at radius 1 is 1.50 bits per heavy atom. The number of thiophene rings is 1. The smallest absolute Gasteiger partial charge is 0.0596 e. The minimum atomic E-state index is 0.198. The molecule has 0 aliphatic rings. The van der Waals surface area contributed by atoms with Crippen molar-refractivity contribution in [2.45, 2.75) is 45.6 Å². The van der Waals surface area contributed by atoms with Crippen LogP contribution in [0, 0.1) is 5.92 Å². The summed E-state index contributed by atoms with van der Waals surface area (Å²) in [5.74, 6) is 6.25. The van der Waals surface area contributed by atoms with Gasteiger partial charge >= 0.3 is 0 Å². The summed E-state index contributed by atoms with van der Waals surface area (Å²) in [5, 5.41) is 2.86. The molecule has 16 heavy (non-hydrogen) atoms. The second-order valence-corrected chi connectivity index (χ2v) is 5.44. The first-order chi connectivity index (χ1) is 7.74. The van der Waals surface area contributed by atoms with Crippen LogP contribution in [0.3, 0.4) is 0 Å². The van der Waals surface area contributed by atoms with Crippen LogP contribution < -0.4 is 11.3 Å². The number of rotatable bonds is 7. The van der Waals surface area contributed by atoms with Crippen LogP contribution in [0.15, 0.2) is 11.4 Å². The highest BCUT2D eigenvalue weighted by atomic mass is 35.5. The Labute approximate surface area is 107 Å². The van der Waals surface area contributed by atoms with Gasteiger partial charge in [0, 0.05) is 4.88 Å². The van der Waals surface area contributed by atoms with Gasteiger partial charge in [-0.15, -0.1) is 11.3 Å². The zero-order valence-electron chi connectivity index (χ0n) is 10.0. The van der Waals surface area contributed by atoms with E-state index >= 15 is 0 Å². The van der Waals surface area contributed by atoms with E-state index in [1.807, 2.05) is 11.4 Å². The van der Waals surface area contributed by atoms with Crippen molar-refractivity contribution >= 4 is 22.9 Å². The van der Waals surface area contributed by atoms with Crippen molar-refractivity contribution in [1.29, 1.82) is 0 Å². The van der Waals surface area contributed by atoms with Crippen molar-refractivity contribution in [3.8, 4) is 0 Å². The second kappa shape index (κ2) is 7.28. The van der Waals surface area contributed by atoms with E-state index in [1.165, 1.54) is 24.1 Å². The number of hydrogen-bond acceptors (Lipinski definition) is 3. The molecule has 1 heterocycles. The molecule has 0 bridgehead atoms. The van der Waals surface area contributed by atoms with Crippen LogP contribution in [-0.4, -0.2) is 0 Å². The Morgan fingerprint density at radius 3 is 2.69 bits per heavy atom. The van der Waals surface area contributed by atoms with Crippen molar-refractivity contribution in [3.63, 3.8) is 0 Å². The van der Waals surface area contributed by atoms with Gasteiger partial charge in [0.05, 0.1) is 11.1 Å². The number of hydrogen-bond donors (Lipinski definition) is 2. The number of unbranched alkanes of at least 4 members (excludes halogenated alkanes) is 1. The molecule has 92 valence electrons. The highest BCUT2D eigenvalue weighted by Gasteiger charge is 2.23. The minimum absolute atomic E-state index is 0.198. The molecule has 0 spiro atoms. The summed E-state index contributed by atoms with van der Waals surface area (Å²) in [4.78, 5) is 1.17. The van der Waals surface area contributed by atoms with Crippen LogP contribution in [0.25, 0.3) is 0 Å². The highest BCUT2D eigenvalue weighted by Crippen LogP contribution is 2.35. The lowest BCUT2D eigenvalue weighted by molar-refractivity contribution is 0.331. The second-order valence-electron chi connectivity index (χ2n) is 4.09. The first-order valence-corrected chi connectivity index (χ1v) is 7.19. The lowest BCUT2D eigenvalue weighted by atomic mass is 9.91.